The van der Waals surface area contributed by atoms with Gasteiger partial charge in [-0.3, -0.25) is 4.79 Å². The van der Waals surface area contributed by atoms with Crippen molar-refractivity contribution >= 4 is 28.5 Å². The number of halogens is 2. The van der Waals surface area contributed by atoms with E-state index < -0.39 is 11.3 Å². The van der Waals surface area contributed by atoms with Gasteiger partial charge in [0.25, 0.3) is 5.91 Å². The first-order valence-electron chi connectivity index (χ1n) is 10.2. The van der Waals surface area contributed by atoms with Crippen LogP contribution in [-0.4, -0.2) is 51.6 Å². The molecule has 29 heavy (non-hydrogen) atoms. The molecule has 1 saturated carbocycles. The smallest absolute Gasteiger partial charge is 0.253 e. The van der Waals surface area contributed by atoms with Gasteiger partial charge < -0.3 is 19.7 Å². The van der Waals surface area contributed by atoms with Crippen LogP contribution in [0.15, 0.2) is 18.5 Å². The van der Waals surface area contributed by atoms with E-state index in [1.54, 1.807) is 25.4 Å². The highest BCUT2D eigenvalue weighted by molar-refractivity contribution is 6.36. The third-order valence-electron chi connectivity index (χ3n) is 6.23. The molecule has 158 valence electrons. The Hall–Kier alpha value is -1.70. The predicted molar refractivity (Wildman–Crippen MR) is 109 cm³/mol. The molecule has 0 bridgehead atoms. The number of pyridine rings is 1. The van der Waals surface area contributed by atoms with Gasteiger partial charge in [0.1, 0.15) is 11.3 Å². The van der Waals surface area contributed by atoms with Crippen molar-refractivity contribution in [3.8, 4) is 0 Å². The number of rotatable bonds is 5. The van der Waals surface area contributed by atoms with Crippen LogP contribution in [0.4, 0.5) is 4.39 Å². The second-order valence-electron chi connectivity index (χ2n) is 8.74. The summed E-state index contributed by atoms with van der Waals surface area (Å²) in [5.74, 6) is 0.0635. The zero-order chi connectivity index (χ0) is 20.6. The normalized spacial score (nSPS) is 30.0. The maximum Gasteiger partial charge on any atom is 0.253 e. The molecule has 2 aromatic heterocycles. The van der Waals surface area contributed by atoms with E-state index in [-0.39, 0.29) is 25.3 Å². The molecule has 3 heterocycles. The Balaban J connectivity index is 1.52. The number of alkyl halides is 1. The van der Waals surface area contributed by atoms with Crippen molar-refractivity contribution in [2.24, 2.45) is 5.92 Å². The van der Waals surface area contributed by atoms with Gasteiger partial charge in [-0.15, -0.1) is 0 Å². The molecule has 8 heteroatoms. The van der Waals surface area contributed by atoms with Crippen molar-refractivity contribution < 1.29 is 19.0 Å². The number of hydrogen-bond donors (Lipinski definition) is 2. The number of aliphatic hydroxyl groups is 1. The van der Waals surface area contributed by atoms with Crippen LogP contribution >= 0.6 is 11.6 Å². The van der Waals surface area contributed by atoms with Gasteiger partial charge >= 0.3 is 0 Å². The second kappa shape index (κ2) is 7.85. The highest BCUT2D eigenvalue weighted by Crippen LogP contribution is 2.37. The SMILES string of the molecule is CC1(F)CCC(O)(CNC(=O)c2cn(C[C@@H]3CCOC3)c3nccc(Cl)c23)CC1. The molecule has 1 aliphatic heterocycles. The van der Waals surface area contributed by atoms with E-state index in [4.69, 9.17) is 16.3 Å². The van der Waals surface area contributed by atoms with Crippen LogP contribution in [0.3, 0.4) is 0 Å². The summed E-state index contributed by atoms with van der Waals surface area (Å²) in [7, 11) is 0. The molecule has 2 aliphatic rings. The molecule has 4 rings (SSSR count). The summed E-state index contributed by atoms with van der Waals surface area (Å²) in [5, 5.41) is 14.6. The highest BCUT2D eigenvalue weighted by atomic mass is 35.5. The van der Waals surface area contributed by atoms with Gasteiger partial charge in [0.05, 0.1) is 28.2 Å². The number of hydrogen-bond acceptors (Lipinski definition) is 4. The van der Waals surface area contributed by atoms with Crippen molar-refractivity contribution in [2.45, 2.75) is 56.8 Å². The Kier molecular flexibility index (Phi) is 5.57. The van der Waals surface area contributed by atoms with Gasteiger partial charge in [-0.2, -0.15) is 0 Å². The van der Waals surface area contributed by atoms with Gasteiger partial charge in [-0.05, 0) is 45.1 Å². The summed E-state index contributed by atoms with van der Waals surface area (Å²) in [6.07, 6.45) is 5.61. The van der Waals surface area contributed by atoms with Crippen molar-refractivity contribution in [1.82, 2.24) is 14.9 Å². The molecular weight excluding hydrogens is 397 g/mol. The second-order valence-corrected chi connectivity index (χ2v) is 9.14. The van der Waals surface area contributed by atoms with Crippen molar-refractivity contribution in [3.05, 3.63) is 29.0 Å². The number of fused-ring (bicyclic) bond motifs is 1. The molecule has 1 saturated heterocycles. The van der Waals surface area contributed by atoms with Crippen LogP contribution in [0.5, 0.6) is 0 Å². The number of ether oxygens (including phenoxy) is 1. The minimum absolute atomic E-state index is 0.0862. The Morgan fingerprint density at radius 1 is 1.45 bits per heavy atom. The average molecular weight is 424 g/mol. The van der Waals surface area contributed by atoms with Gasteiger partial charge in [-0.25, -0.2) is 9.37 Å². The van der Waals surface area contributed by atoms with E-state index in [0.29, 0.717) is 53.5 Å². The predicted octanol–water partition coefficient (Wildman–Crippen LogP) is 3.49. The molecular formula is C21H27ClFN3O3. The van der Waals surface area contributed by atoms with Gasteiger partial charge in [0.15, 0.2) is 0 Å². The lowest BCUT2D eigenvalue weighted by Crippen LogP contribution is -2.47. The van der Waals surface area contributed by atoms with Crippen LogP contribution in [-0.2, 0) is 11.3 Å². The van der Waals surface area contributed by atoms with Gasteiger partial charge in [0.2, 0.25) is 0 Å². The number of nitrogens with zero attached hydrogens (tertiary/aromatic N) is 2. The minimum Gasteiger partial charge on any atom is -0.388 e. The van der Waals surface area contributed by atoms with E-state index in [1.165, 1.54) is 0 Å². The highest BCUT2D eigenvalue weighted by Gasteiger charge is 2.39. The van der Waals surface area contributed by atoms with Crippen molar-refractivity contribution in [2.75, 3.05) is 19.8 Å². The lowest BCUT2D eigenvalue weighted by Gasteiger charge is -2.37. The van der Waals surface area contributed by atoms with Gasteiger partial charge in [0, 0.05) is 38.0 Å². The monoisotopic (exact) mass is 423 g/mol. The first-order chi connectivity index (χ1) is 13.8. The molecule has 0 spiro atoms. The first kappa shape index (κ1) is 20.6. The van der Waals surface area contributed by atoms with E-state index in [1.807, 2.05) is 4.57 Å². The lowest BCUT2D eigenvalue weighted by molar-refractivity contribution is -0.0374. The van der Waals surface area contributed by atoms with E-state index in [0.717, 1.165) is 13.0 Å². The summed E-state index contributed by atoms with van der Waals surface area (Å²) >= 11 is 6.39. The zero-order valence-electron chi connectivity index (χ0n) is 16.6. The standard InChI is InChI=1S/C21H27ClFN3O3/c1-20(23)4-6-21(28,7-5-20)13-25-19(27)15-11-26(10-14-3-9-29-12-14)18-17(15)16(22)2-8-24-18/h2,8,11,14,28H,3-7,9-10,12-13H2,1H3,(H,25,27)/t14-,20?,21?/m0/s1. The molecule has 1 atom stereocenters. The Labute approximate surface area is 174 Å². The van der Waals surface area contributed by atoms with Crippen molar-refractivity contribution in [1.29, 1.82) is 0 Å². The largest absolute Gasteiger partial charge is 0.388 e. The fraction of sp³-hybridized carbons (Fsp3) is 0.619. The summed E-state index contributed by atoms with van der Waals surface area (Å²) in [6, 6.07) is 1.67. The minimum atomic E-state index is -1.24. The Morgan fingerprint density at radius 3 is 2.90 bits per heavy atom. The Bertz CT molecular complexity index is 898. The number of aromatic nitrogens is 2. The number of carbonyl (C=O) groups excluding carboxylic acids is 1. The van der Waals surface area contributed by atoms with Crippen LogP contribution in [0.2, 0.25) is 5.02 Å². The summed E-state index contributed by atoms with van der Waals surface area (Å²) in [4.78, 5) is 17.4. The third-order valence-corrected chi connectivity index (χ3v) is 6.55. The van der Waals surface area contributed by atoms with Crippen molar-refractivity contribution in [3.63, 3.8) is 0 Å². The molecule has 1 aliphatic carbocycles. The quantitative estimate of drug-likeness (QED) is 0.771. The molecule has 2 N–H and O–H groups in total. The molecule has 2 aromatic rings. The first-order valence-corrected chi connectivity index (χ1v) is 10.5. The van der Waals surface area contributed by atoms with E-state index in [2.05, 4.69) is 10.3 Å². The van der Waals surface area contributed by atoms with Crippen LogP contribution in [0.25, 0.3) is 11.0 Å². The molecule has 6 nitrogen and oxygen atoms in total. The summed E-state index contributed by atoms with van der Waals surface area (Å²) < 4.78 is 21.5. The van der Waals surface area contributed by atoms with Crippen LogP contribution in [0, 0.1) is 5.92 Å². The zero-order valence-corrected chi connectivity index (χ0v) is 17.3. The number of amides is 1. The van der Waals surface area contributed by atoms with Gasteiger partial charge in [-0.1, -0.05) is 11.6 Å². The van der Waals surface area contributed by atoms with Crippen LogP contribution < -0.4 is 5.32 Å². The maximum atomic E-state index is 14.0. The lowest BCUT2D eigenvalue weighted by atomic mass is 9.78. The summed E-state index contributed by atoms with van der Waals surface area (Å²) in [6.45, 7) is 3.80. The fourth-order valence-corrected chi connectivity index (χ4v) is 4.49. The third kappa shape index (κ3) is 4.42. The number of carbonyl (C=O) groups is 1. The maximum absolute atomic E-state index is 14.0. The fourth-order valence-electron chi connectivity index (χ4n) is 4.25. The average Bonchev–Trinajstić information content (AvgIpc) is 3.32. The van der Waals surface area contributed by atoms with E-state index in [9.17, 15) is 14.3 Å². The molecule has 0 unspecified atom stereocenters. The summed E-state index contributed by atoms with van der Waals surface area (Å²) in [5.41, 5.74) is -1.22. The van der Waals surface area contributed by atoms with E-state index >= 15 is 0 Å². The molecule has 0 aromatic carbocycles. The van der Waals surface area contributed by atoms with Crippen LogP contribution in [0.1, 0.15) is 49.4 Å². The molecule has 1 amide bonds. The molecule has 2 fully saturated rings. The number of nitrogens with one attached hydrogen (secondary N) is 1. The Morgan fingerprint density at radius 2 is 2.21 bits per heavy atom. The molecule has 0 radical (unpaired) electrons. The topological polar surface area (TPSA) is 76.4 Å².